The van der Waals surface area contributed by atoms with Gasteiger partial charge in [0.2, 0.25) is 5.88 Å². The van der Waals surface area contributed by atoms with Crippen LogP contribution in [0, 0.1) is 11.3 Å². The summed E-state index contributed by atoms with van der Waals surface area (Å²) in [5.74, 6) is 1.36. The number of benzene rings is 1. The quantitative estimate of drug-likeness (QED) is 0.487. The summed E-state index contributed by atoms with van der Waals surface area (Å²) in [5.41, 5.74) is 0.532. The Balaban J connectivity index is 0.00000158. The molecule has 0 spiro atoms. The van der Waals surface area contributed by atoms with Gasteiger partial charge in [0.15, 0.2) is 5.82 Å². The highest BCUT2D eigenvalue weighted by Gasteiger charge is 2.52. The minimum absolute atomic E-state index is 0.339. The van der Waals surface area contributed by atoms with Gasteiger partial charge in [0, 0.05) is 24.7 Å². The van der Waals surface area contributed by atoms with E-state index >= 15 is 0 Å². The van der Waals surface area contributed by atoms with Crippen molar-refractivity contribution in [2.75, 3.05) is 31.2 Å². The fourth-order valence-electron chi connectivity index (χ4n) is 3.62. The first-order valence-electron chi connectivity index (χ1n) is 11.6. The molecule has 0 aliphatic carbocycles. The van der Waals surface area contributed by atoms with Crippen LogP contribution in [0.3, 0.4) is 0 Å². The number of pyridine rings is 1. The van der Waals surface area contributed by atoms with Gasteiger partial charge in [-0.2, -0.15) is 10.2 Å². The summed E-state index contributed by atoms with van der Waals surface area (Å²) in [6, 6.07) is 10.7. The molecule has 0 amide bonds. The molecule has 2 aliphatic rings. The number of aldehydes is 1. The Morgan fingerprint density at radius 3 is 2.32 bits per heavy atom. The molecular weight excluding hydrogens is 433 g/mol. The Bertz CT molecular complexity index is 1050. The van der Waals surface area contributed by atoms with Gasteiger partial charge in [-0.25, -0.2) is 0 Å². The lowest BCUT2D eigenvalue weighted by Gasteiger charge is -2.32. The maximum absolute atomic E-state index is 11.8. The first-order chi connectivity index (χ1) is 16.2. The predicted octanol–water partition coefficient (Wildman–Crippen LogP) is 3.72. The summed E-state index contributed by atoms with van der Waals surface area (Å²) in [7, 11) is -0.643. The monoisotopic (exact) mass is 465 g/mol. The van der Waals surface area contributed by atoms with Crippen LogP contribution in [0.4, 0.5) is 5.82 Å². The fourth-order valence-corrected chi connectivity index (χ4v) is 3.62. The number of aromatic nitrogens is 1. The molecule has 180 valence electrons. The van der Waals surface area contributed by atoms with Crippen molar-refractivity contribution in [3.63, 3.8) is 0 Å². The predicted molar refractivity (Wildman–Crippen MR) is 131 cm³/mol. The van der Waals surface area contributed by atoms with Crippen molar-refractivity contribution in [2.45, 2.75) is 52.7 Å². The minimum Gasteiger partial charge on any atom is -0.439 e. The number of nitrogens with zero attached hydrogens (tertiary/aromatic N) is 3. The summed E-state index contributed by atoms with van der Waals surface area (Å²) < 4.78 is 23.5. The van der Waals surface area contributed by atoms with Crippen LogP contribution in [0.15, 0.2) is 30.3 Å². The van der Waals surface area contributed by atoms with Crippen LogP contribution in [0.2, 0.25) is 0 Å². The van der Waals surface area contributed by atoms with E-state index in [2.05, 4.69) is 11.1 Å². The van der Waals surface area contributed by atoms with Crippen molar-refractivity contribution < 1.29 is 23.6 Å². The van der Waals surface area contributed by atoms with Crippen molar-refractivity contribution in [1.29, 1.82) is 5.26 Å². The Kier molecular flexibility index (Phi) is 7.98. The Labute approximate surface area is 201 Å². The number of morpholine rings is 1. The SMILES string of the molecule is CC.CC1(C)OB(c2ccc(Oc3ccc(C#N)c(N4CCOCC4)n3)cc2C=O)OC1(C)C. The van der Waals surface area contributed by atoms with Crippen molar-refractivity contribution in [1.82, 2.24) is 4.98 Å². The first kappa shape index (κ1) is 25.7. The zero-order valence-electron chi connectivity index (χ0n) is 20.8. The van der Waals surface area contributed by atoms with Crippen LogP contribution in [0.25, 0.3) is 0 Å². The Morgan fingerprint density at radius 2 is 1.74 bits per heavy atom. The highest BCUT2D eigenvalue weighted by atomic mass is 16.7. The van der Waals surface area contributed by atoms with Crippen molar-refractivity contribution in [3.05, 3.63) is 41.5 Å². The lowest BCUT2D eigenvalue weighted by atomic mass is 9.76. The molecule has 0 N–H and O–H groups in total. The maximum Gasteiger partial charge on any atom is 0.495 e. The van der Waals surface area contributed by atoms with Gasteiger partial charge in [0.25, 0.3) is 0 Å². The molecule has 3 heterocycles. The average molecular weight is 465 g/mol. The molecule has 4 rings (SSSR count). The number of carbonyl (C=O) groups excluding carboxylic acids is 1. The van der Waals surface area contributed by atoms with Crippen LogP contribution < -0.4 is 15.1 Å². The van der Waals surface area contributed by atoms with Gasteiger partial charge in [-0.05, 0) is 51.4 Å². The highest BCUT2D eigenvalue weighted by molar-refractivity contribution is 6.63. The Morgan fingerprint density at radius 1 is 1.09 bits per heavy atom. The Hall–Kier alpha value is -2.93. The smallest absolute Gasteiger partial charge is 0.439 e. The average Bonchev–Trinajstić information content (AvgIpc) is 3.07. The van der Waals surface area contributed by atoms with Crippen molar-refractivity contribution in [3.8, 4) is 17.7 Å². The molecule has 2 aromatic rings. The van der Waals surface area contributed by atoms with E-state index in [1.165, 1.54) is 0 Å². The van der Waals surface area contributed by atoms with Gasteiger partial charge in [-0.3, -0.25) is 4.79 Å². The molecule has 0 saturated carbocycles. The van der Waals surface area contributed by atoms with Gasteiger partial charge in [-0.1, -0.05) is 19.9 Å². The topological polar surface area (TPSA) is 93.9 Å². The first-order valence-corrected chi connectivity index (χ1v) is 11.6. The molecule has 0 radical (unpaired) electrons. The number of hydrogen-bond acceptors (Lipinski definition) is 8. The van der Waals surface area contributed by atoms with Crippen LogP contribution in [-0.2, 0) is 14.0 Å². The summed E-state index contributed by atoms with van der Waals surface area (Å²) in [6.07, 6.45) is 0.763. The molecule has 34 heavy (non-hydrogen) atoms. The van der Waals surface area contributed by atoms with Gasteiger partial charge < -0.3 is 23.7 Å². The summed E-state index contributed by atoms with van der Waals surface area (Å²) in [4.78, 5) is 18.4. The summed E-state index contributed by atoms with van der Waals surface area (Å²) in [6.45, 7) is 14.3. The van der Waals surface area contributed by atoms with E-state index in [1.807, 2.05) is 46.4 Å². The second-order valence-electron chi connectivity index (χ2n) is 8.83. The number of rotatable bonds is 5. The van der Waals surface area contributed by atoms with E-state index in [0.29, 0.717) is 60.3 Å². The molecule has 0 bridgehead atoms. The van der Waals surface area contributed by atoms with E-state index in [-0.39, 0.29) is 0 Å². The number of anilines is 1. The third kappa shape index (κ3) is 5.25. The van der Waals surface area contributed by atoms with E-state index in [1.54, 1.807) is 30.3 Å². The lowest BCUT2D eigenvalue weighted by Crippen LogP contribution is -2.41. The number of carbonyl (C=O) groups is 1. The largest absolute Gasteiger partial charge is 0.495 e. The van der Waals surface area contributed by atoms with Crippen LogP contribution >= 0.6 is 0 Å². The maximum atomic E-state index is 11.8. The third-order valence-electron chi connectivity index (χ3n) is 6.20. The molecule has 2 fully saturated rings. The fraction of sp³-hybridized carbons (Fsp3) is 0.480. The normalized spacial score (nSPS) is 18.5. The molecule has 0 unspecified atom stereocenters. The number of hydrogen-bond donors (Lipinski definition) is 0. The van der Waals surface area contributed by atoms with Crippen molar-refractivity contribution in [2.24, 2.45) is 0 Å². The van der Waals surface area contributed by atoms with E-state index in [9.17, 15) is 10.1 Å². The number of ether oxygens (including phenoxy) is 2. The molecule has 9 heteroatoms. The van der Waals surface area contributed by atoms with Crippen LogP contribution in [0.1, 0.15) is 57.5 Å². The minimum atomic E-state index is -0.643. The van der Waals surface area contributed by atoms with Crippen molar-refractivity contribution >= 4 is 24.7 Å². The van der Waals surface area contributed by atoms with Crippen LogP contribution in [0.5, 0.6) is 11.6 Å². The second-order valence-corrected chi connectivity index (χ2v) is 8.83. The van der Waals surface area contributed by atoms with E-state index < -0.39 is 18.3 Å². The molecule has 1 aromatic carbocycles. The molecule has 2 saturated heterocycles. The van der Waals surface area contributed by atoms with E-state index in [0.717, 1.165) is 6.29 Å². The highest BCUT2D eigenvalue weighted by Crippen LogP contribution is 2.37. The molecular formula is C25H32BN3O5. The zero-order chi connectivity index (χ0) is 24.9. The molecule has 1 aromatic heterocycles. The van der Waals surface area contributed by atoms with E-state index in [4.69, 9.17) is 18.8 Å². The van der Waals surface area contributed by atoms with Gasteiger partial charge >= 0.3 is 7.12 Å². The number of nitriles is 1. The second kappa shape index (κ2) is 10.6. The summed E-state index contributed by atoms with van der Waals surface area (Å²) in [5, 5.41) is 9.45. The lowest BCUT2D eigenvalue weighted by molar-refractivity contribution is 0.00578. The molecule has 0 atom stereocenters. The van der Waals surface area contributed by atoms with Crippen LogP contribution in [-0.4, -0.2) is 55.9 Å². The molecule has 2 aliphatic heterocycles. The summed E-state index contributed by atoms with van der Waals surface area (Å²) >= 11 is 0. The van der Waals surface area contributed by atoms with Gasteiger partial charge in [-0.15, -0.1) is 0 Å². The van der Waals surface area contributed by atoms with Gasteiger partial charge in [0.05, 0.1) is 30.0 Å². The zero-order valence-corrected chi connectivity index (χ0v) is 20.8. The third-order valence-corrected chi connectivity index (χ3v) is 6.20. The van der Waals surface area contributed by atoms with Gasteiger partial charge in [0.1, 0.15) is 18.1 Å². The standard InChI is InChI=1S/C23H26BN3O5.C2H6/c1-22(2)23(3,4)32-24(31-22)19-7-6-18(13-17(19)15-28)30-20-8-5-16(14-25)21(26-20)27-9-11-29-12-10-27;1-2/h5-8,13,15H,9-12H2,1-4H3;1-2H3. The molecule has 8 nitrogen and oxygen atoms in total.